The van der Waals surface area contributed by atoms with Gasteiger partial charge < -0.3 is 15.5 Å². The van der Waals surface area contributed by atoms with Gasteiger partial charge in [-0.05, 0) is 42.8 Å². The molecule has 21 heavy (non-hydrogen) atoms. The molecule has 0 aliphatic heterocycles. The average molecular weight is 306 g/mol. The normalized spacial score (nSPS) is 10.2. The number of carboxylic acid groups (broad SMARTS) is 1. The van der Waals surface area contributed by atoms with Crippen LogP contribution in [0.15, 0.2) is 36.4 Å². The van der Waals surface area contributed by atoms with E-state index in [9.17, 15) is 14.7 Å². The van der Waals surface area contributed by atoms with Gasteiger partial charge in [0.1, 0.15) is 5.75 Å². The fourth-order valence-electron chi connectivity index (χ4n) is 1.69. The number of carboxylic acids is 1. The lowest BCUT2D eigenvalue weighted by atomic mass is 10.1. The van der Waals surface area contributed by atoms with Crippen molar-refractivity contribution in [1.82, 2.24) is 0 Å². The zero-order chi connectivity index (χ0) is 15.6. The standard InChI is InChI=1S/C15H12ClNO4/c1-8-2-3-9(7-13(8)18)14(19)17-12-5-4-10(15(20)21)6-11(12)16/h2-7,18H,1H3,(H,17,19)(H,20,21). The third-order valence-electron chi connectivity index (χ3n) is 2.94. The lowest BCUT2D eigenvalue weighted by Gasteiger charge is -2.09. The molecule has 0 saturated heterocycles. The minimum Gasteiger partial charge on any atom is -0.508 e. The molecular formula is C15H12ClNO4. The van der Waals surface area contributed by atoms with Crippen molar-refractivity contribution in [3.8, 4) is 5.75 Å². The van der Waals surface area contributed by atoms with Gasteiger partial charge in [0.2, 0.25) is 0 Å². The van der Waals surface area contributed by atoms with Crippen molar-refractivity contribution in [3.05, 3.63) is 58.1 Å². The van der Waals surface area contributed by atoms with Crippen molar-refractivity contribution < 1.29 is 19.8 Å². The van der Waals surface area contributed by atoms with Crippen LogP contribution in [0.1, 0.15) is 26.3 Å². The van der Waals surface area contributed by atoms with E-state index in [1.165, 1.54) is 24.3 Å². The van der Waals surface area contributed by atoms with Crippen molar-refractivity contribution in [2.24, 2.45) is 0 Å². The number of aromatic carboxylic acids is 1. The third kappa shape index (κ3) is 3.32. The van der Waals surface area contributed by atoms with E-state index in [0.29, 0.717) is 11.3 Å². The second-order valence-electron chi connectivity index (χ2n) is 4.46. The molecule has 0 bridgehead atoms. The Morgan fingerprint density at radius 3 is 2.33 bits per heavy atom. The highest BCUT2D eigenvalue weighted by atomic mass is 35.5. The van der Waals surface area contributed by atoms with Crippen LogP contribution in [0.5, 0.6) is 5.75 Å². The van der Waals surface area contributed by atoms with Gasteiger partial charge in [0.15, 0.2) is 0 Å². The summed E-state index contributed by atoms with van der Waals surface area (Å²) < 4.78 is 0. The summed E-state index contributed by atoms with van der Waals surface area (Å²) in [6, 6.07) is 8.56. The maximum absolute atomic E-state index is 12.1. The van der Waals surface area contributed by atoms with Gasteiger partial charge in [0.25, 0.3) is 5.91 Å². The highest BCUT2D eigenvalue weighted by Crippen LogP contribution is 2.24. The summed E-state index contributed by atoms with van der Waals surface area (Å²) >= 11 is 5.93. The van der Waals surface area contributed by atoms with Crippen molar-refractivity contribution >= 4 is 29.2 Å². The van der Waals surface area contributed by atoms with Crippen LogP contribution in [0.25, 0.3) is 0 Å². The van der Waals surface area contributed by atoms with Gasteiger partial charge in [-0.2, -0.15) is 0 Å². The first-order valence-electron chi connectivity index (χ1n) is 6.02. The molecule has 0 saturated carbocycles. The van der Waals surface area contributed by atoms with Crippen LogP contribution < -0.4 is 5.32 Å². The summed E-state index contributed by atoms with van der Waals surface area (Å²) in [5.74, 6) is -1.52. The molecular weight excluding hydrogens is 294 g/mol. The molecule has 0 spiro atoms. The smallest absolute Gasteiger partial charge is 0.335 e. The number of carbonyl (C=O) groups excluding carboxylic acids is 1. The van der Waals surface area contributed by atoms with Crippen LogP contribution in [0.4, 0.5) is 5.69 Å². The Bertz CT molecular complexity index is 728. The summed E-state index contributed by atoms with van der Waals surface area (Å²) in [4.78, 5) is 22.9. The molecule has 0 aliphatic rings. The highest BCUT2D eigenvalue weighted by Gasteiger charge is 2.12. The van der Waals surface area contributed by atoms with Crippen LogP contribution in [0.2, 0.25) is 5.02 Å². The number of benzene rings is 2. The number of nitrogens with one attached hydrogen (secondary N) is 1. The van der Waals surface area contributed by atoms with Gasteiger partial charge in [-0.25, -0.2) is 4.79 Å². The molecule has 1 amide bonds. The SMILES string of the molecule is Cc1ccc(C(=O)Nc2ccc(C(=O)O)cc2Cl)cc1O. The van der Waals surface area contributed by atoms with Gasteiger partial charge >= 0.3 is 5.97 Å². The summed E-state index contributed by atoms with van der Waals surface area (Å²) in [7, 11) is 0. The lowest BCUT2D eigenvalue weighted by Crippen LogP contribution is -2.12. The number of aromatic hydroxyl groups is 1. The van der Waals surface area contributed by atoms with Gasteiger partial charge in [-0.3, -0.25) is 4.79 Å². The number of halogens is 1. The number of phenols is 1. The van der Waals surface area contributed by atoms with Crippen LogP contribution in [0.3, 0.4) is 0 Å². The van der Waals surface area contributed by atoms with Crippen LogP contribution in [-0.4, -0.2) is 22.1 Å². The number of aryl methyl sites for hydroxylation is 1. The summed E-state index contributed by atoms with van der Waals surface area (Å²) in [5, 5.41) is 21.1. The second kappa shape index (κ2) is 5.85. The highest BCUT2D eigenvalue weighted by molar-refractivity contribution is 6.34. The first kappa shape index (κ1) is 14.9. The van der Waals surface area contributed by atoms with E-state index in [0.717, 1.165) is 0 Å². The fourth-order valence-corrected chi connectivity index (χ4v) is 1.92. The van der Waals surface area contributed by atoms with Gasteiger partial charge in [-0.1, -0.05) is 17.7 Å². The minimum atomic E-state index is -1.10. The Morgan fingerprint density at radius 2 is 1.76 bits per heavy atom. The number of hydrogen-bond acceptors (Lipinski definition) is 3. The molecule has 0 unspecified atom stereocenters. The number of anilines is 1. The minimum absolute atomic E-state index is 0.0231. The number of hydrogen-bond donors (Lipinski definition) is 3. The van der Waals surface area contributed by atoms with Gasteiger partial charge in [-0.15, -0.1) is 0 Å². The Hall–Kier alpha value is -2.53. The van der Waals surface area contributed by atoms with Crippen LogP contribution >= 0.6 is 11.6 Å². The van der Waals surface area contributed by atoms with E-state index < -0.39 is 11.9 Å². The zero-order valence-electron chi connectivity index (χ0n) is 11.1. The van der Waals surface area contributed by atoms with E-state index in [-0.39, 0.29) is 21.9 Å². The van der Waals surface area contributed by atoms with Crippen molar-refractivity contribution in [1.29, 1.82) is 0 Å². The number of amides is 1. The third-order valence-corrected chi connectivity index (χ3v) is 3.25. The maximum atomic E-state index is 12.1. The van der Waals surface area contributed by atoms with Crippen molar-refractivity contribution in [3.63, 3.8) is 0 Å². The quantitative estimate of drug-likeness (QED) is 0.812. The molecule has 0 aliphatic carbocycles. The average Bonchev–Trinajstić information content (AvgIpc) is 2.43. The molecule has 3 N–H and O–H groups in total. The van der Waals surface area contributed by atoms with Crippen LogP contribution in [0, 0.1) is 6.92 Å². The molecule has 0 radical (unpaired) electrons. The summed E-state index contributed by atoms with van der Waals surface area (Å²) in [5.41, 5.74) is 1.27. The summed E-state index contributed by atoms with van der Waals surface area (Å²) in [6.07, 6.45) is 0. The Labute approximate surface area is 125 Å². The molecule has 0 aromatic heterocycles. The fraction of sp³-hybridized carbons (Fsp3) is 0.0667. The Morgan fingerprint density at radius 1 is 1.10 bits per heavy atom. The van der Waals surface area contributed by atoms with Gasteiger partial charge in [0.05, 0.1) is 16.3 Å². The van der Waals surface area contributed by atoms with E-state index in [2.05, 4.69) is 5.32 Å². The van der Waals surface area contributed by atoms with Crippen LogP contribution in [-0.2, 0) is 0 Å². The van der Waals surface area contributed by atoms with Crippen molar-refractivity contribution in [2.75, 3.05) is 5.32 Å². The molecule has 0 fully saturated rings. The molecule has 6 heteroatoms. The monoisotopic (exact) mass is 305 g/mol. The second-order valence-corrected chi connectivity index (χ2v) is 4.86. The van der Waals surface area contributed by atoms with E-state index >= 15 is 0 Å². The largest absolute Gasteiger partial charge is 0.508 e. The van der Waals surface area contributed by atoms with E-state index in [4.69, 9.17) is 16.7 Å². The molecule has 5 nitrogen and oxygen atoms in total. The first-order valence-corrected chi connectivity index (χ1v) is 6.40. The zero-order valence-corrected chi connectivity index (χ0v) is 11.8. The molecule has 0 heterocycles. The predicted octanol–water partition coefficient (Wildman–Crippen LogP) is 3.30. The molecule has 2 aromatic rings. The first-order chi connectivity index (χ1) is 9.88. The predicted molar refractivity (Wildman–Crippen MR) is 79.2 cm³/mol. The maximum Gasteiger partial charge on any atom is 0.335 e. The number of carbonyl (C=O) groups is 2. The molecule has 108 valence electrons. The molecule has 2 rings (SSSR count). The van der Waals surface area contributed by atoms with E-state index in [1.807, 2.05) is 0 Å². The summed E-state index contributed by atoms with van der Waals surface area (Å²) in [6.45, 7) is 1.72. The lowest BCUT2D eigenvalue weighted by molar-refractivity contribution is 0.0696. The Balaban J connectivity index is 2.23. The number of rotatable bonds is 3. The molecule has 0 atom stereocenters. The Kier molecular flexibility index (Phi) is 4.14. The van der Waals surface area contributed by atoms with E-state index in [1.54, 1.807) is 19.1 Å². The number of phenolic OH excluding ortho intramolecular Hbond substituents is 1. The molecule has 2 aromatic carbocycles. The van der Waals surface area contributed by atoms with Crippen molar-refractivity contribution in [2.45, 2.75) is 6.92 Å². The van der Waals surface area contributed by atoms with Gasteiger partial charge in [0, 0.05) is 5.56 Å². The topological polar surface area (TPSA) is 86.6 Å².